The third-order valence-electron chi connectivity index (χ3n) is 5.19. The number of methoxy groups -OCH3 is 1. The molecular formula is C20H32ClIN4O2. The van der Waals surface area contributed by atoms with Crippen LogP contribution < -0.4 is 10.1 Å². The summed E-state index contributed by atoms with van der Waals surface area (Å²) >= 11 is 6.06. The number of morpholine rings is 1. The van der Waals surface area contributed by atoms with E-state index >= 15 is 0 Å². The number of rotatable bonds is 6. The lowest BCUT2D eigenvalue weighted by atomic mass is 10.1. The molecule has 28 heavy (non-hydrogen) atoms. The summed E-state index contributed by atoms with van der Waals surface area (Å²) in [5.41, 5.74) is 1.04. The third kappa shape index (κ3) is 6.64. The first kappa shape index (κ1) is 23.5. The van der Waals surface area contributed by atoms with Gasteiger partial charge in [-0.3, -0.25) is 4.90 Å². The van der Waals surface area contributed by atoms with Gasteiger partial charge in [0.15, 0.2) is 5.96 Å². The minimum atomic E-state index is 0. The van der Waals surface area contributed by atoms with Crippen molar-refractivity contribution in [2.24, 2.45) is 10.9 Å². The first-order valence-corrected chi connectivity index (χ1v) is 10.2. The fourth-order valence-electron chi connectivity index (χ4n) is 3.76. The van der Waals surface area contributed by atoms with Crippen LogP contribution in [-0.4, -0.2) is 75.4 Å². The molecule has 0 aliphatic carbocycles. The van der Waals surface area contributed by atoms with Gasteiger partial charge in [0.1, 0.15) is 5.75 Å². The Kier molecular flexibility index (Phi) is 10.1. The molecule has 0 radical (unpaired) electrons. The molecule has 2 aliphatic heterocycles. The zero-order valence-corrected chi connectivity index (χ0v) is 19.9. The molecule has 6 nitrogen and oxygen atoms in total. The van der Waals surface area contributed by atoms with Gasteiger partial charge in [-0.2, -0.15) is 0 Å². The summed E-state index contributed by atoms with van der Waals surface area (Å²) in [5.74, 6) is 2.46. The Morgan fingerprint density at radius 3 is 2.82 bits per heavy atom. The van der Waals surface area contributed by atoms with E-state index in [0.717, 1.165) is 69.8 Å². The van der Waals surface area contributed by atoms with Crippen LogP contribution >= 0.6 is 35.6 Å². The van der Waals surface area contributed by atoms with Gasteiger partial charge in [0.05, 0.1) is 26.9 Å². The average Bonchev–Trinajstić information content (AvgIpc) is 3.15. The highest BCUT2D eigenvalue weighted by molar-refractivity contribution is 14.0. The van der Waals surface area contributed by atoms with E-state index in [9.17, 15) is 0 Å². The Morgan fingerprint density at radius 1 is 1.32 bits per heavy atom. The number of likely N-dealkylation sites (tertiary alicyclic amines) is 1. The molecule has 0 amide bonds. The van der Waals surface area contributed by atoms with E-state index in [2.05, 4.69) is 22.0 Å². The monoisotopic (exact) mass is 522 g/mol. The van der Waals surface area contributed by atoms with Crippen LogP contribution in [0.25, 0.3) is 0 Å². The summed E-state index contributed by atoms with van der Waals surface area (Å²) in [4.78, 5) is 9.77. The summed E-state index contributed by atoms with van der Waals surface area (Å²) in [7, 11) is 1.67. The topological polar surface area (TPSA) is 49.3 Å². The van der Waals surface area contributed by atoms with Gasteiger partial charge in [-0.1, -0.05) is 17.7 Å². The van der Waals surface area contributed by atoms with Gasteiger partial charge in [-0.05, 0) is 31.4 Å². The molecule has 1 unspecified atom stereocenters. The number of guanidine groups is 1. The predicted molar refractivity (Wildman–Crippen MR) is 125 cm³/mol. The Bertz CT molecular complexity index is 641. The van der Waals surface area contributed by atoms with Crippen molar-refractivity contribution in [1.29, 1.82) is 0 Å². The third-order valence-corrected chi connectivity index (χ3v) is 5.42. The van der Waals surface area contributed by atoms with Crippen molar-refractivity contribution in [3.8, 4) is 5.75 Å². The normalized spacial score (nSPS) is 20.8. The fraction of sp³-hybridized carbons (Fsp3) is 0.650. The van der Waals surface area contributed by atoms with Crippen LogP contribution in [0, 0.1) is 5.92 Å². The van der Waals surface area contributed by atoms with Gasteiger partial charge >= 0.3 is 0 Å². The van der Waals surface area contributed by atoms with Gasteiger partial charge in [-0.15, -0.1) is 24.0 Å². The Labute approximate surface area is 190 Å². The van der Waals surface area contributed by atoms with Crippen LogP contribution in [0.4, 0.5) is 0 Å². The lowest BCUT2D eigenvalue weighted by Gasteiger charge is -2.29. The first-order valence-electron chi connectivity index (χ1n) is 9.85. The Morgan fingerprint density at radius 2 is 2.11 bits per heavy atom. The average molecular weight is 523 g/mol. The second kappa shape index (κ2) is 12.0. The molecule has 1 atom stereocenters. The maximum absolute atomic E-state index is 6.06. The molecule has 2 aliphatic rings. The van der Waals surface area contributed by atoms with Crippen LogP contribution in [0.3, 0.4) is 0 Å². The van der Waals surface area contributed by atoms with E-state index in [1.807, 2.05) is 18.2 Å². The Hall–Kier alpha value is -0.770. The first-order chi connectivity index (χ1) is 13.2. The van der Waals surface area contributed by atoms with Crippen molar-refractivity contribution in [2.75, 3.05) is 59.6 Å². The highest BCUT2D eigenvalue weighted by atomic mass is 127. The van der Waals surface area contributed by atoms with Crippen LogP contribution in [0.2, 0.25) is 5.02 Å². The number of hydrogen-bond donors (Lipinski definition) is 1. The van der Waals surface area contributed by atoms with Crippen molar-refractivity contribution < 1.29 is 9.47 Å². The molecule has 2 saturated heterocycles. The van der Waals surface area contributed by atoms with E-state index in [-0.39, 0.29) is 24.0 Å². The maximum Gasteiger partial charge on any atom is 0.194 e. The lowest BCUT2D eigenvalue weighted by Crippen LogP contribution is -2.42. The summed E-state index contributed by atoms with van der Waals surface area (Å²) in [6, 6.07) is 5.71. The molecule has 2 heterocycles. The minimum absolute atomic E-state index is 0. The van der Waals surface area contributed by atoms with Crippen molar-refractivity contribution in [1.82, 2.24) is 15.1 Å². The zero-order chi connectivity index (χ0) is 19.1. The SMILES string of the molecule is CCNC(=NCc1ccc(Cl)cc1OC)N1CCC(CN2CCOCC2)C1.I. The van der Waals surface area contributed by atoms with Gasteiger partial charge in [0.25, 0.3) is 0 Å². The quantitative estimate of drug-likeness (QED) is 0.354. The number of nitrogens with one attached hydrogen (secondary N) is 1. The highest BCUT2D eigenvalue weighted by Crippen LogP contribution is 2.24. The van der Waals surface area contributed by atoms with Gasteiger partial charge in [0.2, 0.25) is 0 Å². The number of hydrogen-bond acceptors (Lipinski definition) is 4. The lowest BCUT2D eigenvalue weighted by molar-refractivity contribution is 0.0315. The standard InChI is InChI=1S/C20H31ClN4O2.HI/c1-3-22-20(23-13-17-4-5-18(21)12-19(17)26-2)25-7-6-16(15-25)14-24-8-10-27-11-9-24;/h4-5,12,16H,3,6-11,13-15H2,1-2H3,(H,22,23);1H. The van der Waals surface area contributed by atoms with Crippen molar-refractivity contribution in [3.63, 3.8) is 0 Å². The molecule has 1 aromatic rings. The largest absolute Gasteiger partial charge is 0.496 e. The smallest absolute Gasteiger partial charge is 0.194 e. The Balaban J connectivity index is 0.00000280. The molecule has 3 rings (SSSR count). The van der Waals surface area contributed by atoms with Crippen molar-refractivity contribution >= 4 is 41.5 Å². The molecule has 0 bridgehead atoms. The van der Waals surface area contributed by atoms with Crippen molar-refractivity contribution in [3.05, 3.63) is 28.8 Å². The molecule has 1 aromatic carbocycles. The van der Waals surface area contributed by atoms with Crippen LogP contribution in [0.1, 0.15) is 18.9 Å². The molecule has 0 spiro atoms. The molecule has 158 valence electrons. The minimum Gasteiger partial charge on any atom is -0.496 e. The van der Waals surface area contributed by atoms with E-state index in [4.69, 9.17) is 26.1 Å². The second-order valence-electron chi connectivity index (χ2n) is 7.14. The van der Waals surface area contributed by atoms with Crippen LogP contribution in [0.15, 0.2) is 23.2 Å². The summed E-state index contributed by atoms with van der Waals surface area (Å²) in [6.07, 6.45) is 1.21. The van der Waals surface area contributed by atoms with Crippen molar-refractivity contribution in [2.45, 2.75) is 19.9 Å². The van der Waals surface area contributed by atoms with Gasteiger partial charge in [-0.25, -0.2) is 4.99 Å². The van der Waals surface area contributed by atoms with Gasteiger partial charge < -0.3 is 19.7 Å². The van der Waals surface area contributed by atoms with Crippen LogP contribution in [-0.2, 0) is 11.3 Å². The second-order valence-corrected chi connectivity index (χ2v) is 7.58. The van der Waals surface area contributed by atoms with E-state index in [0.29, 0.717) is 17.5 Å². The van der Waals surface area contributed by atoms with Gasteiger partial charge in [0, 0.05) is 49.9 Å². The molecule has 1 N–H and O–H groups in total. The van der Waals surface area contributed by atoms with E-state index in [1.165, 1.54) is 6.42 Å². The number of benzene rings is 1. The molecule has 8 heteroatoms. The molecule has 2 fully saturated rings. The zero-order valence-electron chi connectivity index (χ0n) is 16.8. The number of halogens is 2. The maximum atomic E-state index is 6.06. The number of aliphatic imine (C=N–C) groups is 1. The molecular weight excluding hydrogens is 491 g/mol. The van der Waals surface area contributed by atoms with E-state index < -0.39 is 0 Å². The van der Waals surface area contributed by atoms with Crippen LogP contribution in [0.5, 0.6) is 5.75 Å². The predicted octanol–water partition coefficient (Wildman–Crippen LogP) is 3.09. The summed E-state index contributed by atoms with van der Waals surface area (Å²) < 4.78 is 10.9. The van der Waals surface area contributed by atoms with E-state index in [1.54, 1.807) is 7.11 Å². The molecule has 0 saturated carbocycles. The highest BCUT2D eigenvalue weighted by Gasteiger charge is 2.27. The summed E-state index contributed by atoms with van der Waals surface area (Å²) in [5, 5.41) is 4.12. The summed E-state index contributed by atoms with van der Waals surface area (Å²) in [6.45, 7) is 10.7. The number of nitrogens with zero attached hydrogens (tertiary/aromatic N) is 3. The fourth-order valence-corrected chi connectivity index (χ4v) is 3.92. The molecule has 0 aromatic heterocycles. The number of ether oxygens (including phenoxy) is 2.